The second-order valence-electron chi connectivity index (χ2n) is 8.52. The van der Waals surface area contributed by atoms with Crippen molar-refractivity contribution in [2.45, 2.75) is 26.4 Å². The Labute approximate surface area is 209 Å². The molecule has 1 amide bonds. The average molecular weight is 497 g/mol. The Morgan fingerprint density at radius 3 is 2.60 bits per heavy atom. The van der Waals surface area contributed by atoms with Gasteiger partial charge in [-0.05, 0) is 49.2 Å². The molecule has 1 saturated heterocycles. The topological polar surface area (TPSA) is 87.9 Å². The van der Waals surface area contributed by atoms with Crippen molar-refractivity contribution in [2.24, 2.45) is 0 Å². The summed E-state index contributed by atoms with van der Waals surface area (Å²) in [6.07, 6.45) is 3.07. The van der Waals surface area contributed by atoms with Gasteiger partial charge in [0, 0.05) is 49.3 Å². The number of pyridine rings is 2. The standard InChI is InChI=1S/C26H29ClN4O4/c1-3-35-26(34)30-12-10-29(11-13-30)24(20-7-4-8-21(27)15-20)23-22(32)14-18(2)31(25(23)33)17-19-6-5-9-28-16-19/h4-9,14-16,24,32H,3,10-13,17H2,1-2H3/t24-/m0/s1. The van der Waals surface area contributed by atoms with Crippen LogP contribution >= 0.6 is 11.6 Å². The Morgan fingerprint density at radius 2 is 1.94 bits per heavy atom. The summed E-state index contributed by atoms with van der Waals surface area (Å²) in [5.41, 5.74) is 2.34. The predicted molar refractivity (Wildman–Crippen MR) is 134 cm³/mol. The van der Waals surface area contributed by atoms with Crippen LogP contribution in [0.4, 0.5) is 4.79 Å². The molecule has 184 valence electrons. The van der Waals surface area contributed by atoms with Gasteiger partial charge in [0.05, 0.1) is 24.8 Å². The first kappa shape index (κ1) is 24.8. The van der Waals surface area contributed by atoms with Crippen molar-refractivity contribution >= 4 is 17.7 Å². The van der Waals surface area contributed by atoms with Crippen LogP contribution in [0.2, 0.25) is 5.02 Å². The van der Waals surface area contributed by atoms with Gasteiger partial charge in [-0.25, -0.2) is 4.79 Å². The number of hydrogen-bond donors (Lipinski definition) is 1. The number of aryl methyl sites for hydroxylation is 1. The van der Waals surface area contributed by atoms with Gasteiger partial charge in [-0.1, -0.05) is 29.8 Å². The number of carbonyl (C=O) groups excluding carboxylic acids is 1. The molecule has 0 spiro atoms. The first-order valence-electron chi connectivity index (χ1n) is 11.6. The highest BCUT2D eigenvalue weighted by Gasteiger charge is 2.33. The van der Waals surface area contributed by atoms with Crippen LogP contribution in [0.1, 0.15) is 35.3 Å². The summed E-state index contributed by atoms with van der Waals surface area (Å²) in [6.45, 7) is 6.14. The van der Waals surface area contributed by atoms with E-state index in [1.54, 1.807) is 47.8 Å². The molecule has 0 aliphatic carbocycles. The van der Waals surface area contributed by atoms with Crippen LogP contribution in [-0.4, -0.2) is 63.3 Å². The lowest BCUT2D eigenvalue weighted by Crippen LogP contribution is -2.50. The number of aromatic hydroxyl groups is 1. The van der Waals surface area contributed by atoms with E-state index in [1.165, 1.54) is 0 Å². The molecule has 0 saturated carbocycles. The molecule has 3 heterocycles. The Hall–Kier alpha value is -3.36. The van der Waals surface area contributed by atoms with Crippen molar-refractivity contribution in [3.8, 4) is 5.75 Å². The summed E-state index contributed by atoms with van der Waals surface area (Å²) in [7, 11) is 0. The average Bonchev–Trinajstić information content (AvgIpc) is 2.85. The van der Waals surface area contributed by atoms with Crippen LogP contribution in [0, 0.1) is 6.92 Å². The number of piperazine rings is 1. The first-order valence-corrected chi connectivity index (χ1v) is 12.0. The zero-order valence-electron chi connectivity index (χ0n) is 19.9. The number of aromatic nitrogens is 2. The Kier molecular flexibility index (Phi) is 7.73. The second-order valence-corrected chi connectivity index (χ2v) is 8.95. The minimum absolute atomic E-state index is 0.0623. The number of carbonyl (C=O) groups is 1. The van der Waals surface area contributed by atoms with E-state index in [4.69, 9.17) is 16.3 Å². The summed E-state index contributed by atoms with van der Waals surface area (Å²) in [5, 5.41) is 11.6. The number of nitrogens with zero attached hydrogens (tertiary/aromatic N) is 4. The van der Waals surface area contributed by atoms with Gasteiger partial charge in [0.1, 0.15) is 5.75 Å². The van der Waals surface area contributed by atoms with Crippen molar-refractivity contribution in [3.05, 3.63) is 92.6 Å². The van der Waals surface area contributed by atoms with Gasteiger partial charge in [-0.2, -0.15) is 0 Å². The molecule has 0 unspecified atom stereocenters. The fourth-order valence-corrected chi connectivity index (χ4v) is 4.71. The minimum Gasteiger partial charge on any atom is -0.507 e. The van der Waals surface area contributed by atoms with E-state index in [0.29, 0.717) is 50.0 Å². The van der Waals surface area contributed by atoms with Crippen LogP contribution in [0.3, 0.4) is 0 Å². The monoisotopic (exact) mass is 496 g/mol. The van der Waals surface area contributed by atoms with Gasteiger partial charge in [0.25, 0.3) is 5.56 Å². The van der Waals surface area contributed by atoms with Crippen molar-refractivity contribution in [1.82, 2.24) is 19.4 Å². The Bertz CT molecular complexity index is 1240. The molecular formula is C26H29ClN4O4. The summed E-state index contributed by atoms with van der Waals surface area (Å²) in [4.78, 5) is 34.0. The highest BCUT2D eigenvalue weighted by Crippen LogP contribution is 2.34. The van der Waals surface area contributed by atoms with Crippen LogP contribution in [0.15, 0.2) is 59.7 Å². The maximum atomic E-state index is 13.9. The Balaban J connectivity index is 1.75. The fraction of sp³-hybridized carbons (Fsp3) is 0.346. The van der Waals surface area contributed by atoms with Gasteiger partial charge < -0.3 is 19.3 Å². The van der Waals surface area contributed by atoms with Gasteiger partial charge in [0.2, 0.25) is 0 Å². The molecule has 35 heavy (non-hydrogen) atoms. The van der Waals surface area contributed by atoms with Crippen molar-refractivity contribution in [1.29, 1.82) is 0 Å². The smallest absolute Gasteiger partial charge is 0.409 e. The van der Waals surface area contributed by atoms with E-state index in [1.807, 2.05) is 30.3 Å². The third-order valence-corrected chi connectivity index (χ3v) is 6.46. The summed E-state index contributed by atoms with van der Waals surface area (Å²) in [5.74, 6) is -0.0623. The maximum absolute atomic E-state index is 13.9. The molecule has 1 N–H and O–H groups in total. The zero-order chi connectivity index (χ0) is 24.9. The van der Waals surface area contributed by atoms with E-state index in [9.17, 15) is 14.7 Å². The number of amides is 1. The number of rotatable bonds is 6. The summed E-state index contributed by atoms with van der Waals surface area (Å²) < 4.78 is 6.79. The SMILES string of the molecule is CCOC(=O)N1CCN([C@@H](c2cccc(Cl)c2)c2c(O)cc(C)n(Cc3cccnc3)c2=O)CC1. The van der Waals surface area contributed by atoms with Crippen molar-refractivity contribution in [3.63, 3.8) is 0 Å². The minimum atomic E-state index is -0.536. The third-order valence-electron chi connectivity index (χ3n) is 6.23. The van der Waals surface area contributed by atoms with Gasteiger partial charge in [0.15, 0.2) is 0 Å². The number of ether oxygens (including phenoxy) is 1. The molecule has 2 aromatic heterocycles. The van der Waals surface area contributed by atoms with E-state index >= 15 is 0 Å². The molecular weight excluding hydrogens is 468 g/mol. The lowest BCUT2D eigenvalue weighted by Gasteiger charge is -2.39. The highest BCUT2D eigenvalue weighted by atomic mass is 35.5. The number of benzene rings is 1. The lowest BCUT2D eigenvalue weighted by molar-refractivity contribution is 0.0709. The highest BCUT2D eigenvalue weighted by molar-refractivity contribution is 6.30. The summed E-state index contributed by atoms with van der Waals surface area (Å²) in [6, 6.07) is 12.1. The predicted octanol–water partition coefficient (Wildman–Crippen LogP) is 3.82. The van der Waals surface area contributed by atoms with E-state index in [2.05, 4.69) is 9.88 Å². The molecule has 8 nitrogen and oxygen atoms in total. The third kappa shape index (κ3) is 5.49. The van der Waals surface area contributed by atoms with Gasteiger partial charge in [-0.3, -0.25) is 14.7 Å². The number of halogens is 1. The molecule has 9 heteroatoms. The molecule has 1 aromatic carbocycles. The lowest BCUT2D eigenvalue weighted by atomic mass is 9.96. The van der Waals surface area contributed by atoms with Gasteiger partial charge in [-0.15, -0.1) is 0 Å². The molecule has 1 atom stereocenters. The van der Waals surface area contributed by atoms with Crippen molar-refractivity contribution < 1.29 is 14.6 Å². The summed E-state index contributed by atoms with van der Waals surface area (Å²) >= 11 is 6.32. The van der Waals surface area contributed by atoms with Crippen LogP contribution < -0.4 is 5.56 Å². The van der Waals surface area contributed by atoms with Gasteiger partial charge >= 0.3 is 6.09 Å². The largest absolute Gasteiger partial charge is 0.507 e. The van der Waals surface area contributed by atoms with Crippen LogP contribution in [0.25, 0.3) is 0 Å². The molecule has 0 bridgehead atoms. The van der Waals surface area contributed by atoms with E-state index in [0.717, 1.165) is 11.1 Å². The molecule has 4 rings (SSSR count). The van der Waals surface area contributed by atoms with Crippen LogP contribution in [0.5, 0.6) is 5.75 Å². The zero-order valence-corrected chi connectivity index (χ0v) is 20.6. The molecule has 1 aliphatic rings. The quantitative estimate of drug-likeness (QED) is 0.558. The Morgan fingerprint density at radius 1 is 1.17 bits per heavy atom. The van der Waals surface area contributed by atoms with Crippen molar-refractivity contribution in [2.75, 3.05) is 32.8 Å². The second kappa shape index (κ2) is 10.9. The molecule has 1 fully saturated rings. The maximum Gasteiger partial charge on any atom is 0.409 e. The van der Waals surface area contributed by atoms with E-state index in [-0.39, 0.29) is 23.0 Å². The van der Waals surface area contributed by atoms with Crippen LogP contribution in [-0.2, 0) is 11.3 Å². The first-order chi connectivity index (χ1) is 16.9. The fourth-order valence-electron chi connectivity index (χ4n) is 4.51. The number of hydrogen-bond acceptors (Lipinski definition) is 6. The molecule has 0 radical (unpaired) electrons. The molecule has 1 aliphatic heterocycles. The van der Waals surface area contributed by atoms with E-state index < -0.39 is 6.04 Å². The molecule has 3 aromatic rings. The normalized spacial score (nSPS) is 15.1.